The number of hydrogen-bond donors (Lipinski definition) is 1. The highest BCUT2D eigenvalue weighted by molar-refractivity contribution is 5.88. The first kappa shape index (κ1) is 25.8. The topological polar surface area (TPSA) is 58.6 Å². The third kappa shape index (κ3) is 7.34. The summed E-state index contributed by atoms with van der Waals surface area (Å²) >= 11 is 0. The van der Waals surface area contributed by atoms with E-state index in [2.05, 4.69) is 19.2 Å². The second kappa shape index (κ2) is 12.6. The fourth-order valence-electron chi connectivity index (χ4n) is 4.53. The molecule has 0 radical (unpaired) electrons. The van der Waals surface area contributed by atoms with Gasteiger partial charge in [0.15, 0.2) is 6.61 Å². The average molecular weight is 465 g/mol. The number of aryl methyl sites for hydroxylation is 1. The number of amides is 2. The number of carbonyl (C=O) groups is 2. The van der Waals surface area contributed by atoms with Crippen molar-refractivity contribution in [3.63, 3.8) is 0 Å². The fraction of sp³-hybridized carbons (Fsp3) is 0.517. The maximum Gasteiger partial charge on any atom is 0.261 e. The van der Waals surface area contributed by atoms with Crippen LogP contribution < -0.4 is 10.1 Å². The van der Waals surface area contributed by atoms with E-state index in [4.69, 9.17) is 4.74 Å². The highest BCUT2D eigenvalue weighted by Crippen LogP contribution is 2.21. The molecular formula is C29H40N2O3. The van der Waals surface area contributed by atoms with E-state index < -0.39 is 6.04 Å². The van der Waals surface area contributed by atoms with Crippen molar-refractivity contribution in [2.24, 2.45) is 0 Å². The van der Waals surface area contributed by atoms with Crippen molar-refractivity contribution in [3.05, 3.63) is 65.2 Å². The molecule has 1 saturated carbocycles. The molecule has 1 fully saturated rings. The summed E-state index contributed by atoms with van der Waals surface area (Å²) in [5, 5.41) is 3.22. The van der Waals surface area contributed by atoms with E-state index in [0.29, 0.717) is 24.6 Å². The molecule has 184 valence electrons. The van der Waals surface area contributed by atoms with Gasteiger partial charge in [0, 0.05) is 12.6 Å². The Morgan fingerprint density at radius 2 is 1.65 bits per heavy atom. The lowest BCUT2D eigenvalue weighted by molar-refractivity contribution is -0.143. The number of rotatable bonds is 10. The van der Waals surface area contributed by atoms with Crippen LogP contribution in [0.2, 0.25) is 0 Å². The van der Waals surface area contributed by atoms with Gasteiger partial charge in [-0.2, -0.15) is 0 Å². The minimum absolute atomic E-state index is 0.0591. The number of benzene rings is 2. The Labute approximate surface area is 204 Å². The fourth-order valence-corrected chi connectivity index (χ4v) is 4.53. The van der Waals surface area contributed by atoms with Crippen LogP contribution in [0.5, 0.6) is 5.75 Å². The zero-order valence-electron chi connectivity index (χ0n) is 21.2. The molecule has 34 heavy (non-hydrogen) atoms. The molecular weight excluding hydrogens is 424 g/mol. The van der Waals surface area contributed by atoms with Gasteiger partial charge in [-0.05, 0) is 55.4 Å². The number of nitrogens with zero attached hydrogens (tertiary/aromatic N) is 1. The molecule has 2 amide bonds. The number of carbonyl (C=O) groups excluding carboxylic acids is 2. The molecule has 1 aliphatic carbocycles. The van der Waals surface area contributed by atoms with E-state index >= 15 is 0 Å². The summed E-state index contributed by atoms with van der Waals surface area (Å²) in [6.07, 6.45) is 6.12. The van der Waals surface area contributed by atoms with Crippen LogP contribution in [0.15, 0.2) is 48.5 Å². The van der Waals surface area contributed by atoms with Gasteiger partial charge in [-0.15, -0.1) is 0 Å². The Kier molecular flexibility index (Phi) is 9.55. The summed E-state index contributed by atoms with van der Waals surface area (Å²) in [6, 6.07) is 15.7. The smallest absolute Gasteiger partial charge is 0.261 e. The Morgan fingerprint density at radius 1 is 1.00 bits per heavy atom. The van der Waals surface area contributed by atoms with E-state index in [9.17, 15) is 9.59 Å². The maximum atomic E-state index is 13.4. The number of hydrogen-bond acceptors (Lipinski definition) is 3. The number of ether oxygens (including phenoxy) is 1. The molecule has 1 atom stereocenters. The molecule has 2 aromatic carbocycles. The van der Waals surface area contributed by atoms with Crippen molar-refractivity contribution >= 4 is 11.8 Å². The van der Waals surface area contributed by atoms with Crippen molar-refractivity contribution < 1.29 is 14.3 Å². The van der Waals surface area contributed by atoms with Gasteiger partial charge < -0.3 is 15.0 Å². The molecule has 5 nitrogen and oxygen atoms in total. The molecule has 3 rings (SSSR count). The van der Waals surface area contributed by atoms with Crippen LogP contribution in [0, 0.1) is 6.92 Å². The van der Waals surface area contributed by atoms with E-state index in [1.165, 1.54) is 12.0 Å². The lowest BCUT2D eigenvalue weighted by Gasteiger charge is -2.32. The van der Waals surface area contributed by atoms with Crippen LogP contribution in [0.4, 0.5) is 0 Å². The van der Waals surface area contributed by atoms with Gasteiger partial charge in [0.25, 0.3) is 5.91 Å². The minimum Gasteiger partial charge on any atom is -0.484 e. The SMILES string of the molecule is CCC(C(=O)NC1CCCCC1)N(Cc1ccc(C)cc1)C(=O)COc1ccc(C(C)C)cc1. The van der Waals surface area contributed by atoms with E-state index in [1.807, 2.05) is 62.4 Å². The minimum atomic E-state index is -0.525. The van der Waals surface area contributed by atoms with Crippen molar-refractivity contribution in [1.82, 2.24) is 10.2 Å². The molecule has 0 saturated heterocycles. The van der Waals surface area contributed by atoms with Gasteiger partial charge in [-0.25, -0.2) is 0 Å². The van der Waals surface area contributed by atoms with Crippen LogP contribution in [-0.4, -0.2) is 35.4 Å². The maximum absolute atomic E-state index is 13.4. The molecule has 0 aliphatic heterocycles. The van der Waals surface area contributed by atoms with E-state index in [1.54, 1.807) is 4.90 Å². The molecule has 1 N–H and O–H groups in total. The van der Waals surface area contributed by atoms with Gasteiger partial charge in [0.2, 0.25) is 5.91 Å². The van der Waals surface area contributed by atoms with Gasteiger partial charge >= 0.3 is 0 Å². The van der Waals surface area contributed by atoms with Crippen LogP contribution in [0.25, 0.3) is 0 Å². The molecule has 2 aromatic rings. The number of nitrogens with one attached hydrogen (secondary N) is 1. The predicted octanol–water partition coefficient (Wildman–Crippen LogP) is 5.75. The van der Waals surface area contributed by atoms with Gasteiger partial charge in [0.05, 0.1) is 0 Å². The largest absolute Gasteiger partial charge is 0.484 e. The molecule has 1 aliphatic rings. The zero-order chi connectivity index (χ0) is 24.5. The van der Waals surface area contributed by atoms with Gasteiger partial charge in [-0.1, -0.05) is 82.0 Å². The summed E-state index contributed by atoms with van der Waals surface area (Å²) in [6.45, 7) is 8.58. The van der Waals surface area contributed by atoms with Crippen molar-refractivity contribution in [3.8, 4) is 5.75 Å². The van der Waals surface area contributed by atoms with Crippen LogP contribution in [-0.2, 0) is 16.1 Å². The summed E-state index contributed by atoms with van der Waals surface area (Å²) in [7, 11) is 0. The second-order valence-corrected chi connectivity index (χ2v) is 9.79. The third-order valence-corrected chi connectivity index (χ3v) is 6.72. The highest BCUT2D eigenvalue weighted by Gasteiger charge is 2.30. The second-order valence-electron chi connectivity index (χ2n) is 9.79. The lowest BCUT2D eigenvalue weighted by Crippen LogP contribution is -2.52. The molecule has 5 heteroatoms. The summed E-state index contributed by atoms with van der Waals surface area (Å²) in [4.78, 5) is 28.3. The van der Waals surface area contributed by atoms with Crippen molar-refractivity contribution in [2.75, 3.05) is 6.61 Å². The first-order valence-corrected chi connectivity index (χ1v) is 12.8. The Bertz CT molecular complexity index is 915. The summed E-state index contributed by atoms with van der Waals surface area (Å²) < 4.78 is 5.84. The monoisotopic (exact) mass is 464 g/mol. The Morgan fingerprint density at radius 3 is 2.24 bits per heavy atom. The Balaban J connectivity index is 1.73. The lowest BCUT2D eigenvalue weighted by atomic mass is 9.95. The van der Waals surface area contributed by atoms with E-state index in [-0.39, 0.29) is 24.5 Å². The first-order chi connectivity index (χ1) is 16.4. The van der Waals surface area contributed by atoms with Crippen LogP contribution in [0.1, 0.15) is 81.9 Å². The molecule has 0 heterocycles. The normalized spacial score (nSPS) is 15.1. The van der Waals surface area contributed by atoms with Crippen molar-refractivity contribution in [1.29, 1.82) is 0 Å². The highest BCUT2D eigenvalue weighted by atomic mass is 16.5. The zero-order valence-corrected chi connectivity index (χ0v) is 21.2. The summed E-state index contributed by atoms with van der Waals surface area (Å²) in [5.74, 6) is 0.858. The predicted molar refractivity (Wildman–Crippen MR) is 137 cm³/mol. The molecule has 0 bridgehead atoms. The van der Waals surface area contributed by atoms with Crippen LogP contribution >= 0.6 is 0 Å². The first-order valence-electron chi connectivity index (χ1n) is 12.8. The molecule has 0 aromatic heterocycles. The molecule has 0 spiro atoms. The quantitative estimate of drug-likeness (QED) is 0.487. The van der Waals surface area contributed by atoms with Crippen LogP contribution in [0.3, 0.4) is 0 Å². The van der Waals surface area contributed by atoms with E-state index in [0.717, 1.165) is 36.8 Å². The molecule has 1 unspecified atom stereocenters. The Hall–Kier alpha value is -2.82. The van der Waals surface area contributed by atoms with Crippen molar-refractivity contribution in [2.45, 2.75) is 90.8 Å². The standard InChI is InChI=1S/C29H40N2O3/c1-5-27(29(33)30-25-9-7-6-8-10-25)31(19-23-13-11-22(4)12-14-23)28(32)20-34-26-17-15-24(16-18-26)21(2)3/h11-18,21,25,27H,5-10,19-20H2,1-4H3,(H,30,33). The average Bonchev–Trinajstić information content (AvgIpc) is 2.84. The van der Waals surface area contributed by atoms with Gasteiger partial charge in [-0.3, -0.25) is 9.59 Å². The third-order valence-electron chi connectivity index (χ3n) is 6.72. The van der Waals surface area contributed by atoms with Gasteiger partial charge in [0.1, 0.15) is 11.8 Å². The summed E-state index contributed by atoms with van der Waals surface area (Å²) in [5.41, 5.74) is 3.39.